The lowest BCUT2D eigenvalue weighted by molar-refractivity contribution is -0.132. The van der Waals surface area contributed by atoms with Gasteiger partial charge in [-0.15, -0.1) is 10.2 Å². The molecule has 7 heteroatoms. The predicted molar refractivity (Wildman–Crippen MR) is 90.6 cm³/mol. The van der Waals surface area contributed by atoms with Crippen molar-refractivity contribution in [3.63, 3.8) is 0 Å². The highest BCUT2D eigenvalue weighted by Crippen LogP contribution is 2.27. The van der Waals surface area contributed by atoms with Crippen LogP contribution in [0.25, 0.3) is 0 Å². The van der Waals surface area contributed by atoms with E-state index in [-0.39, 0.29) is 11.8 Å². The zero-order valence-corrected chi connectivity index (χ0v) is 14.0. The number of carbonyl (C=O) groups is 2. The van der Waals surface area contributed by atoms with E-state index in [9.17, 15) is 9.59 Å². The molecule has 2 aromatic rings. The second-order valence-corrected chi connectivity index (χ2v) is 6.72. The number of carbonyl (C=O) groups excluding carboxylic acids is 2. The minimum Gasteiger partial charge on any atom is -0.349 e. The molecule has 0 spiro atoms. The van der Waals surface area contributed by atoms with Crippen molar-refractivity contribution in [1.29, 1.82) is 0 Å². The van der Waals surface area contributed by atoms with Crippen LogP contribution in [0.15, 0.2) is 30.3 Å². The quantitative estimate of drug-likeness (QED) is 0.881. The summed E-state index contributed by atoms with van der Waals surface area (Å²) in [5.74, 6) is 1.55. The summed E-state index contributed by atoms with van der Waals surface area (Å²) in [4.78, 5) is 26.5. The molecule has 25 heavy (non-hydrogen) atoms. The van der Waals surface area contributed by atoms with Gasteiger partial charge in [0.05, 0.1) is 13.0 Å². The molecule has 2 heterocycles. The Hall–Kier alpha value is -2.70. The number of benzene rings is 1. The third kappa shape index (κ3) is 3.55. The average molecular weight is 339 g/mol. The summed E-state index contributed by atoms with van der Waals surface area (Å²) in [7, 11) is 0. The highest BCUT2D eigenvalue weighted by Gasteiger charge is 2.28. The summed E-state index contributed by atoms with van der Waals surface area (Å²) in [5, 5.41) is 11.1. The van der Waals surface area contributed by atoms with Crippen molar-refractivity contribution in [2.24, 2.45) is 5.92 Å². The molecule has 1 aromatic heterocycles. The van der Waals surface area contributed by atoms with Crippen LogP contribution in [0.3, 0.4) is 0 Å². The Kier molecular flexibility index (Phi) is 4.21. The zero-order valence-electron chi connectivity index (χ0n) is 14.0. The molecule has 0 saturated heterocycles. The molecule has 130 valence electrons. The largest absolute Gasteiger partial charge is 0.349 e. The van der Waals surface area contributed by atoms with Crippen molar-refractivity contribution in [3.8, 4) is 0 Å². The van der Waals surface area contributed by atoms with Gasteiger partial charge in [0.1, 0.15) is 0 Å². The summed E-state index contributed by atoms with van der Waals surface area (Å²) in [5.41, 5.74) is 1.000. The minimum absolute atomic E-state index is 0.0696. The standard InChI is InChI=1S/C18H21N5O2/c24-16(10-13-4-2-1-3-5-13)22-8-9-23-15(12-22)20-21-17(23)18(25)19-11-14-6-7-14/h1-5,14H,6-12H2,(H,19,25). The van der Waals surface area contributed by atoms with Gasteiger partial charge in [-0.05, 0) is 24.3 Å². The number of fused-ring (bicyclic) bond motifs is 1. The van der Waals surface area contributed by atoms with E-state index < -0.39 is 0 Å². The van der Waals surface area contributed by atoms with Crippen molar-refractivity contribution >= 4 is 11.8 Å². The van der Waals surface area contributed by atoms with Crippen LogP contribution in [-0.2, 0) is 24.3 Å². The summed E-state index contributed by atoms with van der Waals surface area (Å²) in [6.45, 7) is 2.23. The van der Waals surface area contributed by atoms with Crippen LogP contribution in [-0.4, -0.2) is 44.6 Å². The van der Waals surface area contributed by atoms with E-state index >= 15 is 0 Å². The number of hydrogen-bond acceptors (Lipinski definition) is 4. The number of nitrogens with one attached hydrogen (secondary N) is 1. The summed E-state index contributed by atoms with van der Waals surface area (Å²) in [6, 6.07) is 9.70. The Labute approximate surface area is 146 Å². The summed E-state index contributed by atoms with van der Waals surface area (Å²) in [6.07, 6.45) is 2.76. The maximum absolute atomic E-state index is 12.5. The lowest BCUT2D eigenvalue weighted by atomic mass is 10.1. The third-order valence-electron chi connectivity index (χ3n) is 4.76. The van der Waals surface area contributed by atoms with Crippen LogP contribution in [0, 0.1) is 5.92 Å². The van der Waals surface area contributed by atoms with Gasteiger partial charge in [-0.25, -0.2) is 0 Å². The highest BCUT2D eigenvalue weighted by atomic mass is 16.2. The fourth-order valence-electron chi connectivity index (χ4n) is 3.06. The van der Waals surface area contributed by atoms with Gasteiger partial charge in [0.15, 0.2) is 5.82 Å². The molecule has 1 aromatic carbocycles. The second kappa shape index (κ2) is 6.66. The Morgan fingerprint density at radius 3 is 2.68 bits per heavy atom. The maximum Gasteiger partial charge on any atom is 0.289 e. The van der Waals surface area contributed by atoms with Crippen LogP contribution in [0.5, 0.6) is 0 Å². The van der Waals surface area contributed by atoms with E-state index in [4.69, 9.17) is 0 Å². The van der Waals surface area contributed by atoms with Crippen LogP contribution < -0.4 is 5.32 Å². The Morgan fingerprint density at radius 1 is 1.12 bits per heavy atom. The van der Waals surface area contributed by atoms with Crippen LogP contribution in [0.2, 0.25) is 0 Å². The maximum atomic E-state index is 12.5. The third-order valence-corrected chi connectivity index (χ3v) is 4.76. The van der Waals surface area contributed by atoms with E-state index in [0.717, 1.165) is 5.56 Å². The first-order valence-electron chi connectivity index (χ1n) is 8.72. The van der Waals surface area contributed by atoms with Gasteiger partial charge in [-0.2, -0.15) is 0 Å². The molecule has 1 N–H and O–H groups in total. The van der Waals surface area contributed by atoms with Gasteiger partial charge in [0.2, 0.25) is 11.7 Å². The molecule has 0 radical (unpaired) electrons. The highest BCUT2D eigenvalue weighted by molar-refractivity contribution is 5.90. The van der Waals surface area contributed by atoms with Crippen LogP contribution in [0.1, 0.15) is 34.8 Å². The van der Waals surface area contributed by atoms with Crippen LogP contribution >= 0.6 is 0 Å². The number of amides is 2. The van der Waals surface area contributed by atoms with Crippen molar-refractivity contribution in [2.75, 3.05) is 13.1 Å². The molecule has 0 bridgehead atoms. The monoisotopic (exact) mass is 339 g/mol. The number of nitrogens with zero attached hydrogens (tertiary/aromatic N) is 4. The summed E-state index contributed by atoms with van der Waals surface area (Å²) >= 11 is 0. The Bertz CT molecular complexity index is 782. The lowest BCUT2D eigenvalue weighted by Crippen LogP contribution is -2.40. The van der Waals surface area contributed by atoms with Crippen molar-refractivity contribution in [2.45, 2.75) is 32.4 Å². The van der Waals surface area contributed by atoms with Gasteiger partial charge in [-0.3, -0.25) is 9.59 Å². The van der Waals surface area contributed by atoms with Gasteiger partial charge >= 0.3 is 0 Å². The molecule has 2 aliphatic rings. The predicted octanol–water partition coefficient (Wildman–Crippen LogP) is 1.00. The first kappa shape index (κ1) is 15.8. The second-order valence-electron chi connectivity index (χ2n) is 6.72. The van der Waals surface area contributed by atoms with Crippen LogP contribution in [0.4, 0.5) is 0 Å². The van der Waals surface area contributed by atoms with Gasteiger partial charge in [0, 0.05) is 19.6 Å². The minimum atomic E-state index is -0.172. The fraction of sp³-hybridized carbons (Fsp3) is 0.444. The van der Waals surface area contributed by atoms with Crippen molar-refractivity contribution in [1.82, 2.24) is 25.0 Å². The first-order chi connectivity index (χ1) is 12.2. The van der Waals surface area contributed by atoms with E-state index in [0.29, 0.717) is 50.2 Å². The molecule has 1 aliphatic carbocycles. The SMILES string of the molecule is O=C(NCC1CC1)c1nnc2n1CCN(C(=O)Cc1ccccc1)C2. The van der Waals surface area contributed by atoms with Crippen molar-refractivity contribution < 1.29 is 9.59 Å². The van der Waals surface area contributed by atoms with Crippen molar-refractivity contribution in [3.05, 3.63) is 47.5 Å². The summed E-state index contributed by atoms with van der Waals surface area (Å²) < 4.78 is 1.83. The molecular formula is C18H21N5O2. The van der Waals surface area contributed by atoms with E-state index in [1.165, 1.54) is 12.8 Å². The molecule has 1 aliphatic heterocycles. The van der Waals surface area contributed by atoms with E-state index in [1.54, 1.807) is 4.90 Å². The van der Waals surface area contributed by atoms with Gasteiger partial charge in [0.25, 0.3) is 5.91 Å². The molecule has 2 amide bonds. The average Bonchev–Trinajstić information content (AvgIpc) is 3.37. The smallest absolute Gasteiger partial charge is 0.289 e. The van der Waals surface area contributed by atoms with Gasteiger partial charge < -0.3 is 14.8 Å². The Balaban J connectivity index is 1.39. The van der Waals surface area contributed by atoms with E-state index in [1.807, 2.05) is 34.9 Å². The van der Waals surface area contributed by atoms with Gasteiger partial charge in [-0.1, -0.05) is 30.3 Å². The molecule has 7 nitrogen and oxygen atoms in total. The molecule has 4 rings (SSSR count). The normalized spacial score (nSPS) is 16.4. The molecular weight excluding hydrogens is 318 g/mol. The topological polar surface area (TPSA) is 80.1 Å². The van der Waals surface area contributed by atoms with E-state index in [2.05, 4.69) is 15.5 Å². The number of hydrogen-bond donors (Lipinski definition) is 1. The number of aromatic nitrogens is 3. The Morgan fingerprint density at radius 2 is 1.92 bits per heavy atom. The molecule has 1 fully saturated rings. The molecule has 0 atom stereocenters. The zero-order chi connectivity index (χ0) is 17.2. The molecule has 1 saturated carbocycles. The molecule has 0 unspecified atom stereocenters. The number of rotatable bonds is 5. The lowest BCUT2D eigenvalue weighted by Gasteiger charge is -2.27. The fourth-order valence-corrected chi connectivity index (χ4v) is 3.06. The first-order valence-corrected chi connectivity index (χ1v) is 8.72.